The van der Waals surface area contributed by atoms with Crippen molar-refractivity contribution in [2.24, 2.45) is 0 Å². The highest BCUT2D eigenvalue weighted by Crippen LogP contribution is 2.18. The summed E-state index contributed by atoms with van der Waals surface area (Å²) < 4.78 is 16.9. The Balaban J connectivity index is 4.06. The van der Waals surface area contributed by atoms with Crippen molar-refractivity contribution in [2.45, 2.75) is 386 Å². The summed E-state index contributed by atoms with van der Waals surface area (Å²) in [6.45, 7) is 6.57. The molecule has 0 saturated heterocycles. The second kappa shape index (κ2) is 71.3. The first-order valence-electron chi connectivity index (χ1n) is 36.4. The van der Waals surface area contributed by atoms with Gasteiger partial charge in [0.15, 0.2) is 6.10 Å². The minimum atomic E-state index is -0.769. The molecule has 6 nitrogen and oxygen atoms in total. The molecule has 1 atom stereocenters. The standard InChI is InChI=1S/C77H138O6/c1-4-7-10-13-16-19-21-23-25-27-29-31-32-33-34-35-36-37-38-39-40-41-42-43-44-46-47-49-51-53-55-58-61-64-67-70-76(79)82-73-74(72-81-75(78)69-66-63-60-57-18-15-12-9-6-3)83-77(80)71-68-65-62-59-56-54-52-50-48-45-30-28-26-24-22-20-17-14-11-8-5-2/h7,10,16,19,23,25,29,31,33-34,36-37,74H,4-6,8-9,11-15,17-18,20-22,24,26-28,30,32,35,38-73H2,1-3H3/b10-7-,19-16-,25-23-,31-29-,34-33-,37-36-. The van der Waals surface area contributed by atoms with Crippen LogP contribution in [0.15, 0.2) is 72.9 Å². The molecule has 0 N–H and O–H groups in total. The summed E-state index contributed by atoms with van der Waals surface area (Å²) in [6.07, 6.45) is 93.9. The lowest BCUT2D eigenvalue weighted by Gasteiger charge is -2.18. The maximum absolute atomic E-state index is 12.9. The van der Waals surface area contributed by atoms with Crippen LogP contribution in [-0.2, 0) is 28.6 Å². The molecule has 482 valence electrons. The molecule has 0 bridgehead atoms. The molecule has 0 aromatic heterocycles. The van der Waals surface area contributed by atoms with Crippen molar-refractivity contribution in [1.29, 1.82) is 0 Å². The first-order chi connectivity index (χ1) is 41.0. The van der Waals surface area contributed by atoms with Crippen molar-refractivity contribution in [3.05, 3.63) is 72.9 Å². The van der Waals surface area contributed by atoms with Gasteiger partial charge in [-0.1, -0.05) is 363 Å². The van der Waals surface area contributed by atoms with E-state index in [9.17, 15) is 14.4 Å². The van der Waals surface area contributed by atoms with E-state index in [1.54, 1.807) is 0 Å². The number of esters is 3. The maximum Gasteiger partial charge on any atom is 0.306 e. The lowest BCUT2D eigenvalue weighted by Crippen LogP contribution is -2.30. The van der Waals surface area contributed by atoms with E-state index in [1.807, 2.05) is 0 Å². The minimum Gasteiger partial charge on any atom is -0.462 e. The highest BCUT2D eigenvalue weighted by molar-refractivity contribution is 5.71. The van der Waals surface area contributed by atoms with Crippen LogP contribution in [0.5, 0.6) is 0 Å². The Bertz CT molecular complexity index is 1520. The Labute approximate surface area is 516 Å². The van der Waals surface area contributed by atoms with Gasteiger partial charge >= 0.3 is 17.9 Å². The van der Waals surface area contributed by atoms with Gasteiger partial charge in [-0.05, 0) is 70.6 Å². The summed E-state index contributed by atoms with van der Waals surface area (Å²) in [5, 5.41) is 0. The molecule has 0 radical (unpaired) electrons. The summed E-state index contributed by atoms with van der Waals surface area (Å²) >= 11 is 0. The molecule has 0 fully saturated rings. The zero-order valence-electron chi connectivity index (χ0n) is 55.5. The van der Waals surface area contributed by atoms with Crippen molar-refractivity contribution in [2.75, 3.05) is 13.2 Å². The van der Waals surface area contributed by atoms with Crippen LogP contribution in [0, 0.1) is 0 Å². The fourth-order valence-electron chi connectivity index (χ4n) is 10.8. The van der Waals surface area contributed by atoms with E-state index in [-0.39, 0.29) is 31.1 Å². The van der Waals surface area contributed by atoms with E-state index in [0.29, 0.717) is 19.3 Å². The average molecular weight is 1160 g/mol. The number of allylic oxidation sites excluding steroid dienone is 12. The molecule has 0 saturated carbocycles. The Morgan fingerprint density at radius 3 is 0.735 bits per heavy atom. The van der Waals surface area contributed by atoms with Crippen molar-refractivity contribution < 1.29 is 28.6 Å². The van der Waals surface area contributed by atoms with Gasteiger partial charge in [0.1, 0.15) is 13.2 Å². The predicted octanol–water partition coefficient (Wildman–Crippen LogP) is 25.2. The van der Waals surface area contributed by atoms with Gasteiger partial charge < -0.3 is 14.2 Å². The SMILES string of the molecule is CC/C=C\C/C=C\C/C=C\C/C=C\C/C=C\C/C=C\CCCCCCCCCCCCCCCCCCC(=O)OCC(COC(=O)CCCCCCCCCCC)OC(=O)CCCCCCCCCCCCCCCCCCCCCCC. The van der Waals surface area contributed by atoms with Crippen LogP contribution in [0.1, 0.15) is 380 Å². The van der Waals surface area contributed by atoms with Crippen LogP contribution < -0.4 is 0 Å². The fourth-order valence-corrected chi connectivity index (χ4v) is 10.8. The first-order valence-corrected chi connectivity index (χ1v) is 36.4. The van der Waals surface area contributed by atoms with Crippen molar-refractivity contribution >= 4 is 17.9 Å². The van der Waals surface area contributed by atoms with Crippen LogP contribution in [0.4, 0.5) is 0 Å². The lowest BCUT2D eigenvalue weighted by molar-refractivity contribution is -0.167. The topological polar surface area (TPSA) is 78.9 Å². The van der Waals surface area contributed by atoms with Gasteiger partial charge in [0, 0.05) is 19.3 Å². The highest BCUT2D eigenvalue weighted by Gasteiger charge is 2.19. The van der Waals surface area contributed by atoms with E-state index >= 15 is 0 Å². The van der Waals surface area contributed by atoms with Crippen molar-refractivity contribution in [3.8, 4) is 0 Å². The molecule has 0 aromatic carbocycles. The lowest BCUT2D eigenvalue weighted by atomic mass is 10.0. The number of hydrogen-bond acceptors (Lipinski definition) is 6. The molecule has 1 unspecified atom stereocenters. The van der Waals surface area contributed by atoms with Crippen molar-refractivity contribution in [3.63, 3.8) is 0 Å². The van der Waals surface area contributed by atoms with Gasteiger partial charge in [0.2, 0.25) is 0 Å². The Morgan fingerprint density at radius 1 is 0.253 bits per heavy atom. The van der Waals surface area contributed by atoms with E-state index in [0.717, 1.165) is 96.3 Å². The van der Waals surface area contributed by atoms with Gasteiger partial charge in [0.05, 0.1) is 0 Å². The molecule has 0 amide bonds. The first kappa shape index (κ1) is 79.8. The van der Waals surface area contributed by atoms with Crippen LogP contribution >= 0.6 is 0 Å². The monoisotopic (exact) mass is 1160 g/mol. The highest BCUT2D eigenvalue weighted by atomic mass is 16.6. The Kier molecular flexibility index (Phi) is 68.6. The number of carbonyl (C=O) groups excluding carboxylic acids is 3. The molecule has 0 aliphatic heterocycles. The number of hydrogen-bond donors (Lipinski definition) is 0. The Morgan fingerprint density at radius 2 is 0.470 bits per heavy atom. The van der Waals surface area contributed by atoms with Gasteiger partial charge in [-0.15, -0.1) is 0 Å². The van der Waals surface area contributed by atoms with Crippen LogP contribution in [0.3, 0.4) is 0 Å². The molecule has 0 spiro atoms. The molecule has 0 heterocycles. The second-order valence-corrected chi connectivity index (χ2v) is 24.5. The molecule has 0 aliphatic carbocycles. The molecular weight excluding hydrogens is 1020 g/mol. The molecule has 83 heavy (non-hydrogen) atoms. The zero-order valence-corrected chi connectivity index (χ0v) is 55.5. The molecule has 6 heteroatoms. The van der Waals surface area contributed by atoms with E-state index in [2.05, 4.69) is 93.7 Å². The number of ether oxygens (including phenoxy) is 3. The number of carbonyl (C=O) groups is 3. The van der Waals surface area contributed by atoms with E-state index in [4.69, 9.17) is 14.2 Å². The molecule has 0 aliphatic rings. The zero-order chi connectivity index (χ0) is 59.9. The molecular formula is C77H138O6. The minimum absolute atomic E-state index is 0.0676. The normalized spacial score (nSPS) is 12.5. The maximum atomic E-state index is 12.9. The molecule has 0 rings (SSSR count). The van der Waals surface area contributed by atoms with Gasteiger partial charge in [-0.3, -0.25) is 14.4 Å². The number of unbranched alkanes of at least 4 members (excludes halogenated alkanes) is 44. The third-order valence-corrected chi connectivity index (χ3v) is 16.2. The van der Waals surface area contributed by atoms with Gasteiger partial charge in [-0.2, -0.15) is 0 Å². The number of rotatable bonds is 67. The summed E-state index contributed by atoms with van der Waals surface area (Å²) in [7, 11) is 0. The van der Waals surface area contributed by atoms with Gasteiger partial charge in [-0.25, -0.2) is 0 Å². The fraction of sp³-hybridized carbons (Fsp3) is 0.805. The quantitative estimate of drug-likeness (QED) is 0.0261. The summed E-state index contributed by atoms with van der Waals surface area (Å²) in [4.78, 5) is 38.3. The van der Waals surface area contributed by atoms with Crippen LogP contribution in [-0.4, -0.2) is 37.2 Å². The van der Waals surface area contributed by atoms with Crippen LogP contribution in [0.2, 0.25) is 0 Å². The third kappa shape index (κ3) is 69.5. The van der Waals surface area contributed by atoms with Crippen molar-refractivity contribution in [1.82, 2.24) is 0 Å². The summed E-state index contributed by atoms with van der Waals surface area (Å²) in [5.74, 6) is -0.845. The average Bonchev–Trinajstić information content (AvgIpc) is 3.49. The Hall–Kier alpha value is -3.15. The second-order valence-electron chi connectivity index (χ2n) is 24.5. The molecule has 0 aromatic rings. The van der Waals surface area contributed by atoms with Gasteiger partial charge in [0.25, 0.3) is 0 Å². The summed E-state index contributed by atoms with van der Waals surface area (Å²) in [5.41, 5.74) is 0. The smallest absolute Gasteiger partial charge is 0.306 e. The summed E-state index contributed by atoms with van der Waals surface area (Å²) in [6, 6.07) is 0. The largest absolute Gasteiger partial charge is 0.462 e. The predicted molar refractivity (Wildman–Crippen MR) is 362 cm³/mol. The van der Waals surface area contributed by atoms with E-state index < -0.39 is 6.10 Å². The van der Waals surface area contributed by atoms with Crippen LogP contribution in [0.25, 0.3) is 0 Å². The third-order valence-electron chi connectivity index (χ3n) is 16.2. The van der Waals surface area contributed by atoms with E-state index in [1.165, 1.54) is 244 Å².